The molecule has 21 heavy (non-hydrogen) atoms. The molecule has 0 aromatic heterocycles. The van der Waals surface area contributed by atoms with Gasteiger partial charge >= 0.3 is 0 Å². The van der Waals surface area contributed by atoms with Crippen LogP contribution in [0, 0.1) is 0 Å². The summed E-state index contributed by atoms with van der Waals surface area (Å²) in [6.45, 7) is 13.0. The summed E-state index contributed by atoms with van der Waals surface area (Å²) in [4.78, 5) is 2.44. The predicted molar refractivity (Wildman–Crippen MR) is 88.4 cm³/mol. The molecule has 4 heteroatoms. The Bertz CT molecular complexity index is 368. The summed E-state index contributed by atoms with van der Waals surface area (Å²) < 4.78 is 11.3. The Balaban J connectivity index is 2.11. The number of nitrogens with zero attached hydrogens (tertiary/aromatic N) is 1. The Morgan fingerprint density at radius 1 is 0.952 bits per heavy atom. The first-order valence-electron chi connectivity index (χ1n) is 8.09. The van der Waals surface area contributed by atoms with Crippen molar-refractivity contribution in [3.05, 3.63) is 24.3 Å². The van der Waals surface area contributed by atoms with Crippen LogP contribution in [0.5, 0.6) is 11.5 Å². The first-order valence-corrected chi connectivity index (χ1v) is 8.09. The van der Waals surface area contributed by atoms with Gasteiger partial charge < -0.3 is 19.7 Å². The van der Waals surface area contributed by atoms with Crippen molar-refractivity contribution in [1.29, 1.82) is 0 Å². The second-order valence-corrected chi connectivity index (χ2v) is 4.86. The fourth-order valence-corrected chi connectivity index (χ4v) is 2.17. The molecule has 120 valence electrons. The third-order valence-electron chi connectivity index (χ3n) is 3.41. The maximum absolute atomic E-state index is 5.76. The molecule has 4 nitrogen and oxygen atoms in total. The van der Waals surface area contributed by atoms with Gasteiger partial charge in [-0.15, -0.1) is 0 Å². The quantitative estimate of drug-likeness (QED) is 0.601. The average molecular weight is 294 g/mol. The maximum atomic E-state index is 5.76. The van der Waals surface area contributed by atoms with Crippen LogP contribution < -0.4 is 14.8 Å². The molecule has 0 saturated heterocycles. The lowest BCUT2D eigenvalue weighted by Crippen LogP contribution is -2.28. The van der Waals surface area contributed by atoms with Gasteiger partial charge in [0, 0.05) is 6.54 Å². The summed E-state index contributed by atoms with van der Waals surface area (Å²) >= 11 is 0. The molecule has 0 saturated carbocycles. The largest absolute Gasteiger partial charge is 0.490 e. The summed E-state index contributed by atoms with van der Waals surface area (Å²) in [7, 11) is 0. The topological polar surface area (TPSA) is 33.7 Å². The SMILES string of the molecule is CCOc1ccccc1OCCNCCCN(CC)CC. The molecule has 0 aliphatic carbocycles. The highest BCUT2D eigenvalue weighted by Crippen LogP contribution is 2.25. The van der Waals surface area contributed by atoms with Crippen LogP contribution in [0.2, 0.25) is 0 Å². The molecule has 0 aliphatic rings. The van der Waals surface area contributed by atoms with Gasteiger partial charge in [-0.05, 0) is 51.7 Å². The fraction of sp³-hybridized carbons (Fsp3) is 0.647. The van der Waals surface area contributed by atoms with E-state index in [4.69, 9.17) is 9.47 Å². The summed E-state index contributed by atoms with van der Waals surface area (Å²) in [6, 6.07) is 7.82. The van der Waals surface area contributed by atoms with E-state index in [0.717, 1.165) is 44.2 Å². The molecule has 1 aromatic rings. The molecule has 0 radical (unpaired) electrons. The maximum Gasteiger partial charge on any atom is 0.161 e. The van der Waals surface area contributed by atoms with Gasteiger partial charge in [0.05, 0.1) is 6.61 Å². The molecule has 1 rings (SSSR count). The first kappa shape index (κ1) is 17.8. The number of hydrogen-bond acceptors (Lipinski definition) is 4. The third-order valence-corrected chi connectivity index (χ3v) is 3.41. The van der Waals surface area contributed by atoms with Crippen molar-refractivity contribution in [2.75, 3.05) is 45.9 Å². The van der Waals surface area contributed by atoms with Crippen LogP contribution in [0.3, 0.4) is 0 Å². The van der Waals surface area contributed by atoms with Crippen LogP contribution >= 0.6 is 0 Å². The summed E-state index contributed by atoms with van der Waals surface area (Å²) in [5, 5.41) is 3.42. The van der Waals surface area contributed by atoms with Crippen molar-refractivity contribution < 1.29 is 9.47 Å². The van der Waals surface area contributed by atoms with Gasteiger partial charge in [0.1, 0.15) is 6.61 Å². The minimum Gasteiger partial charge on any atom is -0.490 e. The molecule has 0 bridgehead atoms. The van der Waals surface area contributed by atoms with E-state index < -0.39 is 0 Å². The standard InChI is InChI=1S/C17H30N2O2/c1-4-19(5-2)14-9-12-18-13-15-21-17-11-8-7-10-16(17)20-6-3/h7-8,10-11,18H,4-6,9,12-15H2,1-3H3. The van der Waals surface area contributed by atoms with E-state index in [9.17, 15) is 0 Å². The Morgan fingerprint density at radius 3 is 2.24 bits per heavy atom. The lowest BCUT2D eigenvalue weighted by molar-refractivity contribution is 0.272. The molecule has 0 atom stereocenters. The molecule has 1 aromatic carbocycles. The highest BCUT2D eigenvalue weighted by atomic mass is 16.5. The van der Waals surface area contributed by atoms with Crippen molar-refractivity contribution in [3.63, 3.8) is 0 Å². The molecule has 1 N–H and O–H groups in total. The van der Waals surface area contributed by atoms with E-state index in [-0.39, 0.29) is 0 Å². The zero-order chi connectivity index (χ0) is 15.3. The molecule has 0 heterocycles. The minimum absolute atomic E-state index is 0.657. The van der Waals surface area contributed by atoms with Gasteiger partial charge in [-0.3, -0.25) is 0 Å². The van der Waals surface area contributed by atoms with Crippen LogP contribution in [0.15, 0.2) is 24.3 Å². The summed E-state index contributed by atoms with van der Waals surface area (Å²) in [6.07, 6.45) is 1.18. The predicted octanol–water partition coefficient (Wildman–Crippen LogP) is 2.79. The zero-order valence-corrected chi connectivity index (χ0v) is 13.7. The van der Waals surface area contributed by atoms with Gasteiger partial charge in [0.15, 0.2) is 11.5 Å². The third kappa shape index (κ3) is 7.34. The Hall–Kier alpha value is -1.26. The van der Waals surface area contributed by atoms with Crippen LogP contribution in [0.25, 0.3) is 0 Å². The highest BCUT2D eigenvalue weighted by Gasteiger charge is 2.02. The van der Waals surface area contributed by atoms with Crippen molar-refractivity contribution in [3.8, 4) is 11.5 Å². The first-order chi connectivity index (χ1) is 10.3. The Labute approximate surface area is 129 Å². The van der Waals surface area contributed by atoms with Crippen LogP contribution in [-0.4, -0.2) is 50.8 Å². The van der Waals surface area contributed by atoms with E-state index in [2.05, 4.69) is 24.1 Å². The molecule has 0 amide bonds. The number of hydrogen-bond donors (Lipinski definition) is 1. The number of ether oxygens (including phenoxy) is 2. The molecule has 0 spiro atoms. The lowest BCUT2D eigenvalue weighted by Gasteiger charge is -2.17. The Kier molecular flexibility index (Phi) is 9.66. The average Bonchev–Trinajstić information content (AvgIpc) is 2.52. The van der Waals surface area contributed by atoms with Crippen molar-refractivity contribution >= 4 is 0 Å². The van der Waals surface area contributed by atoms with E-state index in [0.29, 0.717) is 13.2 Å². The van der Waals surface area contributed by atoms with Gasteiger partial charge in [-0.2, -0.15) is 0 Å². The fourth-order valence-electron chi connectivity index (χ4n) is 2.17. The van der Waals surface area contributed by atoms with Crippen LogP contribution in [-0.2, 0) is 0 Å². The highest BCUT2D eigenvalue weighted by molar-refractivity contribution is 5.39. The lowest BCUT2D eigenvalue weighted by atomic mass is 10.3. The van der Waals surface area contributed by atoms with Gasteiger partial charge in [0.2, 0.25) is 0 Å². The van der Waals surface area contributed by atoms with E-state index in [1.807, 2.05) is 31.2 Å². The normalized spacial score (nSPS) is 10.9. The summed E-state index contributed by atoms with van der Waals surface area (Å²) in [5.74, 6) is 1.64. The van der Waals surface area contributed by atoms with Gasteiger partial charge in [-0.25, -0.2) is 0 Å². The second-order valence-electron chi connectivity index (χ2n) is 4.86. The second kappa shape index (κ2) is 11.4. The summed E-state index contributed by atoms with van der Waals surface area (Å²) in [5.41, 5.74) is 0. The monoisotopic (exact) mass is 294 g/mol. The zero-order valence-electron chi connectivity index (χ0n) is 13.7. The van der Waals surface area contributed by atoms with E-state index in [1.54, 1.807) is 0 Å². The number of nitrogens with one attached hydrogen (secondary N) is 1. The van der Waals surface area contributed by atoms with Crippen LogP contribution in [0.4, 0.5) is 0 Å². The number of rotatable bonds is 12. The molecular weight excluding hydrogens is 264 g/mol. The Morgan fingerprint density at radius 2 is 1.62 bits per heavy atom. The van der Waals surface area contributed by atoms with Crippen molar-refractivity contribution in [1.82, 2.24) is 10.2 Å². The molecular formula is C17H30N2O2. The molecule has 0 aliphatic heterocycles. The van der Waals surface area contributed by atoms with Gasteiger partial charge in [-0.1, -0.05) is 26.0 Å². The van der Waals surface area contributed by atoms with E-state index >= 15 is 0 Å². The molecule has 0 unspecified atom stereocenters. The van der Waals surface area contributed by atoms with Crippen molar-refractivity contribution in [2.45, 2.75) is 27.2 Å². The number of para-hydroxylation sites is 2. The van der Waals surface area contributed by atoms with Crippen LogP contribution in [0.1, 0.15) is 27.2 Å². The van der Waals surface area contributed by atoms with Gasteiger partial charge in [0.25, 0.3) is 0 Å². The van der Waals surface area contributed by atoms with E-state index in [1.165, 1.54) is 6.42 Å². The number of benzene rings is 1. The molecule has 0 fully saturated rings. The smallest absolute Gasteiger partial charge is 0.161 e. The minimum atomic E-state index is 0.657. The van der Waals surface area contributed by atoms with Crippen molar-refractivity contribution in [2.24, 2.45) is 0 Å².